The number of ether oxygens (including phenoxy) is 1. The summed E-state index contributed by atoms with van der Waals surface area (Å²) in [6.45, 7) is 1.30. The third-order valence-corrected chi connectivity index (χ3v) is 3.75. The van der Waals surface area contributed by atoms with Crippen molar-refractivity contribution in [2.45, 2.75) is 38.1 Å². The van der Waals surface area contributed by atoms with Crippen molar-refractivity contribution in [3.05, 3.63) is 29.8 Å². The van der Waals surface area contributed by atoms with Crippen LogP contribution < -0.4 is 16.2 Å². The Hall–Kier alpha value is -1.06. The number of hydrogen-bond donors (Lipinski definition) is 2. The van der Waals surface area contributed by atoms with Crippen LogP contribution in [0.1, 0.15) is 43.7 Å². The van der Waals surface area contributed by atoms with Crippen molar-refractivity contribution in [3.8, 4) is 5.75 Å². The molecule has 1 saturated carbocycles. The Balaban J connectivity index is 1.88. The zero-order valence-electron chi connectivity index (χ0n) is 11.0. The fraction of sp³-hybridized carbons (Fsp3) is 0.600. The maximum atomic E-state index is 5.92. The highest BCUT2D eigenvalue weighted by atomic mass is 16.5. The van der Waals surface area contributed by atoms with Gasteiger partial charge in [-0.05, 0) is 36.5 Å². The maximum Gasteiger partial charge on any atom is 0.119 e. The first-order valence-corrected chi connectivity index (χ1v) is 6.98. The minimum absolute atomic E-state index is 0.0942. The summed E-state index contributed by atoms with van der Waals surface area (Å²) in [6, 6.07) is 7.91. The second kappa shape index (κ2) is 6.76. The van der Waals surface area contributed by atoms with Gasteiger partial charge in [0.2, 0.25) is 0 Å². The number of benzene rings is 1. The van der Waals surface area contributed by atoms with Crippen molar-refractivity contribution in [2.24, 2.45) is 17.4 Å². The molecule has 0 aliphatic heterocycles. The van der Waals surface area contributed by atoms with Gasteiger partial charge in [0, 0.05) is 12.6 Å². The van der Waals surface area contributed by atoms with Gasteiger partial charge in [-0.3, -0.25) is 0 Å². The normalized spacial score (nSPS) is 18.6. The SMILES string of the molecule is NCC(N)c1cccc(OCC2CCCCC2)c1. The van der Waals surface area contributed by atoms with Gasteiger partial charge < -0.3 is 16.2 Å². The number of hydrogen-bond acceptors (Lipinski definition) is 3. The number of nitrogens with two attached hydrogens (primary N) is 2. The predicted octanol–water partition coefficient (Wildman–Crippen LogP) is 2.60. The molecule has 0 heterocycles. The molecule has 3 nitrogen and oxygen atoms in total. The fourth-order valence-corrected chi connectivity index (χ4v) is 2.54. The van der Waals surface area contributed by atoms with Gasteiger partial charge in [-0.15, -0.1) is 0 Å². The smallest absolute Gasteiger partial charge is 0.119 e. The fourth-order valence-electron chi connectivity index (χ4n) is 2.54. The molecule has 0 amide bonds. The quantitative estimate of drug-likeness (QED) is 0.842. The summed E-state index contributed by atoms with van der Waals surface area (Å²) in [4.78, 5) is 0. The Morgan fingerprint density at radius 1 is 1.22 bits per heavy atom. The Bertz CT molecular complexity index is 361. The van der Waals surface area contributed by atoms with Gasteiger partial charge in [0.25, 0.3) is 0 Å². The van der Waals surface area contributed by atoms with Crippen molar-refractivity contribution in [2.75, 3.05) is 13.2 Å². The minimum atomic E-state index is -0.0942. The van der Waals surface area contributed by atoms with Crippen LogP contribution in [-0.2, 0) is 0 Å². The molecule has 1 atom stereocenters. The first-order chi connectivity index (χ1) is 8.79. The second-order valence-corrected chi connectivity index (χ2v) is 5.23. The molecule has 100 valence electrons. The average Bonchev–Trinajstić information content (AvgIpc) is 2.45. The van der Waals surface area contributed by atoms with Crippen LogP contribution in [0, 0.1) is 5.92 Å². The highest BCUT2D eigenvalue weighted by Gasteiger charge is 2.14. The lowest BCUT2D eigenvalue weighted by atomic mass is 9.90. The molecule has 18 heavy (non-hydrogen) atoms. The van der Waals surface area contributed by atoms with Gasteiger partial charge in [-0.2, -0.15) is 0 Å². The molecule has 4 N–H and O–H groups in total. The van der Waals surface area contributed by atoms with Crippen LogP contribution >= 0.6 is 0 Å². The van der Waals surface area contributed by atoms with E-state index in [0.29, 0.717) is 6.54 Å². The number of rotatable bonds is 5. The molecule has 0 bridgehead atoms. The molecular weight excluding hydrogens is 224 g/mol. The van der Waals surface area contributed by atoms with Crippen LogP contribution in [-0.4, -0.2) is 13.2 Å². The zero-order chi connectivity index (χ0) is 12.8. The Morgan fingerprint density at radius 2 is 2.00 bits per heavy atom. The van der Waals surface area contributed by atoms with Crippen molar-refractivity contribution in [3.63, 3.8) is 0 Å². The van der Waals surface area contributed by atoms with Crippen LogP contribution in [0.2, 0.25) is 0 Å². The van der Waals surface area contributed by atoms with Crippen molar-refractivity contribution < 1.29 is 4.74 Å². The van der Waals surface area contributed by atoms with E-state index in [1.165, 1.54) is 32.1 Å². The standard InChI is InChI=1S/C15H24N2O/c16-10-15(17)13-7-4-8-14(9-13)18-11-12-5-2-1-3-6-12/h4,7-9,12,15H,1-3,5-6,10-11,16-17H2. The summed E-state index contributed by atoms with van der Waals surface area (Å²) in [5.74, 6) is 1.65. The van der Waals surface area contributed by atoms with Gasteiger partial charge >= 0.3 is 0 Å². The Kier molecular flexibility index (Phi) is 5.02. The Labute approximate surface area is 110 Å². The van der Waals surface area contributed by atoms with E-state index in [2.05, 4.69) is 0 Å². The first kappa shape index (κ1) is 13.4. The van der Waals surface area contributed by atoms with Crippen molar-refractivity contribution in [1.29, 1.82) is 0 Å². The lowest BCUT2D eigenvalue weighted by Crippen LogP contribution is -2.20. The first-order valence-electron chi connectivity index (χ1n) is 6.98. The van der Waals surface area contributed by atoms with Crippen LogP contribution in [0.4, 0.5) is 0 Å². The van der Waals surface area contributed by atoms with Crippen molar-refractivity contribution in [1.82, 2.24) is 0 Å². The molecule has 0 saturated heterocycles. The van der Waals surface area contributed by atoms with E-state index in [-0.39, 0.29) is 6.04 Å². The summed E-state index contributed by atoms with van der Waals surface area (Å²) in [5, 5.41) is 0. The van der Waals surface area contributed by atoms with Gasteiger partial charge in [-0.25, -0.2) is 0 Å². The minimum Gasteiger partial charge on any atom is -0.493 e. The van der Waals surface area contributed by atoms with Gasteiger partial charge in [-0.1, -0.05) is 31.4 Å². The van der Waals surface area contributed by atoms with Gasteiger partial charge in [0.1, 0.15) is 5.75 Å². The summed E-state index contributed by atoms with van der Waals surface area (Å²) in [6.07, 6.45) is 6.71. The largest absolute Gasteiger partial charge is 0.493 e. The molecule has 1 aliphatic rings. The van der Waals surface area contributed by atoms with Crippen LogP contribution in [0.15, 0.2) is 24.3 Å². The molecule has 2 rings (SSSR count). The lowest BCUT2D eigenvalue weighted by Gasteiger charge is -2.22. The summed E-state index contributed by atoms with van der Waals surface area (Å²) in [5.41, 5.74) is 12.6. The molecule has 1 aromatic rings. The van der Waals surface area contributed by atoms with Gasteiger partial charge in [0.05, 0.1) is 6.61 Å². The molecule has 3 heteroatoms. The molecule has 1 fully saturated rings. The summed E-state index contributed by atoms with van der Waals surface area (Å²) >= 11 is 0. The van der Waals surface area contributed by atoms with Crippen molar-refractivity contribution >= 4 is 0 Å². The molecule has 1 aliphatic carbocycles. The summed E-state index contributed by atoms with van der Waals surface area (Å²) < 4.78 is 5.88. The van der Waals surface area contributed by atoms with Crippen LogP contribution in [0.5, 0.6) is 5.75 Å². The predicted molar refractivity (Wildman–Crippen MR) is 74.5 cm³/mol. The van der Waals surface area contributed by atoms with E-state index in [1.54, 1.807) is 0 Å². The van der Waals surface area contributed by atoms with E-state index in [0.717, 1.165) is 23.8 Å². The zero-order valence-corrected chi connectivity index (χ0v) is 11.0. The molecule has 0 aromatic heterocycles. The van der Waals surface area contributed by atoms with Crippen LogP contribution in [0.3, 0.4) is 0 Å². The average molecular weight is 248 g/mol. The van der Waals surface area contributed by atoms with E-state index in [9.17, 15) is 0 Å². The van der Waals surface area contributed by atoms with E-state index in [4.69, 9.17) is 16.2 Å². The van der Waals surface area contributed by atoms with Crippen LogP contribution in [0.25, 0.3) is 0 Å². The van der Waals surface area contributed by atoms with E-state index in [1.807, 2.05) is 24.3 Å². The monoisotopic (exact) mass is 248 g/mol. The third-order valence-electron chi connectivity index (χ3n) is 3.75. The topological polar surface area (TPSA) is 61.3 Å². The molecule has 0 spiro atoms. The van der Waals surface area contributed by atoms with E-state index < -0.39 is 0 Å². The summed E-state index contributed by atoms with van der Waals surface area (Å²) in [7, 11) is 0. The Morgan fingerprint density at radius 3 is 2.72 bits per heavy atom. The molecule has 0 radical (unpaired) electrons. The highest BCUT2D eigenvalue weighted by molar-refractivity contribution is 5.30. The molecule has 1 unspecified atom stereocenters. The third kappa shape index (κ3) is 3.72. The second-order valence-electron chi connectivity index (χ2n) is 5.23. The van der Waals surface area contributed by atoms with E-state index >= 15 is 0 Å². The lowest BCUT2D eigenvalue weighted by molar-refractivity contribution is 0.208. The molecule has 1 aromatic carbocycles. The van der Waals surface area contributed by atoms with Gasteiger partial charge in [0.15, 0.2) is 0 Å². The molecular formula is C15H24N2O. The maximum absolute atomic E-state index is 5.92. The highest BCUT2D eigenvalue weighted by Crippen LogP contribution is 2.25.